The second kappa shape index (κ2) is 6.83. The van der Waals surface area contributed by atoms with Crippen LogP contribution >= 0.6 is 0 Å². The van der Waals surface area contributed by atoms with E-state index < -0.39 is 0 Å². The lowest BCUT2D eigenvalue weighted by molar-refractivity contribution is -0.128. The van der Waals surface area contributed by atoms with Crippen LogP contribution in [0, 0.1) is 11.8 Å². The summed E-state index contributed by atoms with van der Waals surface area (Å²) in [6, 6.07) is -0.251. The topological polar surface area (TPSA) is 77.2 Å². The molecular weight excluding hydrogens is 258 g/mol. The van der Waals surface area contributed by atoms with Crippen molar-refractivity contribution in [3.8, 4) is 0 Å². The molecule has 1 aromatic rings. The maximum Gasteiger partial charge on any atom is 0.248 e. The van der Waals surface area contributed by atoms with Crippen LogP contribution in [-0.4, -0.2) is 29.3 Å². The van der Waals surface area contributed by atoms with Crippen LogP contribution in [-0.2, 0) is 16.0 Å². The van der Waals surface area contributed by atoms with E-state index >= 15 is 0 Å². The monoisotopic (exact) mass is 281 g/mol. The summed E-state index contributed by atoms with van der Waals surface area (Å²) in [5.74, 6) is 1.73. The number of nitrogens with one attached hydrogen (secondary N) is 1. The molecule has 0 saturated carbocycles. The first-order valence-electron chi connectivity index (χ1n) is 7.27. The van der Waals surface area contributed by atoms with Crippen LogP contribution in [0.1, 0.15) is 51.4 Å². The minimum atomic E-state index is -0.251. The lowest BCUT2D eigenvalue weighted by Gasteiger charge is -2.22. The van der Waals surface area contributed by atoms with Crippen molar-refractivity contribution in [2.75, 3.05) is 13.2 Å². The highest BCUT2D eigenvalue weighted by Gasteiger charge is 2.24. The van der Waals surface area contributed by atoms with Crippen LogP contribution in [0.3, 0.4) is 0 Å². The Morgan fingerprint density at radius 2 is 2.05 bits per heavy atom. The highest BCUT2D eigenvalue weighted by molar-refractivity contribution is 5.79. The molecule has 2 heterocycles. The Morgan fingerprint density at radius 1 is 1.35 bits per heavy atom. The minimum absolute atomic E-state index is 0.0317. The molecule has 1 N–H and O–H groups in total. The molecule has 0 aromatic carbocycles. The van der Waals surface area contributed by atoms with Gasteiger partial charge < -0.3 is 14.6 Å². The number of amides is 1. The van der Waals surface area contributed by atoms with Crippen molar-refractivity contribution in [3.63, 3.8) is 0 Å². The van der Waals surface area contributed by atoms with E-state index in [0.717, 1.165) is 19.3 Å². The van der Waals surface area contributed by atoms with E-state index in [1.807, 2.05) is 6.92 Å². The van der Waals surface area contributed by atoms with Crippen LogP contribution in [0.25, 0.3) is 0 Å². The summed E-state index contributed by atoms with van der Waals surface area (Å²) < 4.78 is 10.5. The number of aromatic nitrogens is 2. The van der Waals surface area contributed by atoms with Crippen molar-refractivity contribution in [1.82, 2.24) is 15.5 Å². The smallest absolute Gasteiger partial charge is 0.248 e. The van der Waals surface area contributed by atoms with E-state index in [1.54, 1.807) is 0 Å². The number of carbonyl (C=O) groups excluding carboxylic acids is 1. The van der Waals surface area contributed by atoms with Gasteiger partial charge in [0.05, 0.1) is 0 Å². The van der Waals surface area contributed by atoms with Crippen molar-refractivity contribution >= 4 is 5.91 Å². The molecule has 0 spiro atoms. The molecule has 112 valence electrons. The van der Waals surface area contributed by atoms with Gasteiger partial charge in [0.1, 0.15) is 6.04 Å². The molecule has 2 rings (SSSR count). The largest absolute Gasteiger partial charge is 0.381 e. The van der Waals surface area contributed by atoms with Gasteiger partial charge in [-0.15, -0.1) is 0 Å². The second-order valence-corrected chi connectivity index (χ2v) is 5.76. The van der Waals surface area contributed by atoms with Gasteiger partial charge in [-0.3, -0.25) is 4.79 Å². The van der Waals surface area contributed by atoms with Gasteiger partial charge in [-0.05, 0) is 25.7 Å². The Hall–Kier alpha value is -1.43. The van der Waals surface area contributed by atoms with Crippen molar-refractivity contribution in [1.29, 1.82) is 0 Å². The van der Waals surface area contributed by atoms with Gasteiger partial charge in [-0.25, -0.2) is 0 Å². The van der Waals surface area contributed by atoms with Crippen LogP contribution in [0.15, 0.2) is 4.52 Å². The van der Waals surface area contributed by atoms with Crippen molar-refractivity contribution < 1.29 is 14.1 Å². The molecule has 1 aliphatic rings. The minimum Gasteiger partial charge on any atom is -0.381 e. The molecule has 20 heavy (non-hydrogen) atoms. The SMILES string of the molecule is CC(C)Cc1noc(C(C)NC(=O)C2CCOCC2)n1. The van der Waals surface area contributed by atoms with Crippen molar-refractivity contribution in [2.24, 2.45) is 11.8 Å². The second-order valence-electron chi connectivity index (χ2n) is 5.76. The number of ether oxygens (including phenoxy) is 1. The summed E-state index contributed by atoms with van der Waals surface area (Å²) in [5, 5.41) is 6.88. The van der Waals surface area contributed by atoms with Crippen LogP contribution in [0.2, 0.25) is 0 Å². The highest BCUT2D eigenvalue weighted by atomic mass is 16.5. The molecule has 1 atom stereocenters. The predicted octanol–water partition coefficient (Wildman–Crippen LogP) is 1.87. The molecule has 1 amide bonds. The zero-order valence-corrected chi connectivity index (χ0v) is 12.4. The first-order valence-corrected chi connectivity index (χ1v) is 7.27. The first kappa shape index (κ1) is 15.0. The fourth-order valence-corrected chi connectivity index (χ4v) is 2.24. The van der Waals surface area contributed by atoms with E-state index in [-0.39, 0.29) is 17.9 Å². The standard InChI is InChI=1S/C14H23N3O3/c1-9(2)8-12-16-14(20-17-12)10(3)15-13(18)11-4-6-19-7-5-11/h9-11H,4-8H2,1-3H3,(H,15,18). The van der Waals surface area contributed by atoms with Gasteiger partial charge in [0.15, 0.2) is 5.82 Å². The van der Waals surface area contributed by atoms with Gasteiger partial charge in [-0.1, -0.05) is 19.0 Å². The van der Waals surface area contributed by atoms with Gasteiger partial charge in [0.2, 0.25) is 11.8 Å². The summed E-state index contributed by atoms with van der Waals surface area (Å²) in [5.41, 5.74) is 0. The third-order valence-electron chi connectivity index (χ3n) is 3.40. The number of carbonyl (C=O) groups is 1. The van der Waals surface area contributed by atoms with Crippen molar-refractivity contribution in [2.45, 2.75) is 46.1 Å². The normalized spacial score (nSPS) is 18.2. The Balaban J connectivity index is 1.88. The Morgan fingerprint density at radius 3 is 2.70 bits per heavy atom. The molecule has 0 aliphatic carbocycles. The fraction of sp³-hybridized carbons (Fsp3) is 0.786. The summed E-state index contributed by atoms with van der Waals surface area (Å²) in [7, 11) is 0. The van der Waals surface area contributed by atoms with Gasteiger partial charge >= 0.3 is 0 Å². The molecule has 1 unspecified atom stereocenters. The lowest BCUT2D eigenvalue weighted by Crippen LogP contribution is -2.35. The maximum atomic E-state index is 12.1. The quantitative estimate of drug-likeness (QED) is 0.891. The molecule has 1 saturated heterocycles. The summed E-state index contributed by atoms with van der Waals surface area (Å²) in [6.07, 6.45) is 2.34. The molecule has 0 radical (unpaired) electrons. The fourth-order valence-electron chi connectivity index (χ4n) is 2.24. The average Bonchev–Trinajstić information content (AvgIpc) is 2.87. The number of hydrogen-bond donors (Lipinski definition) is 1. The van der Waals surface area contributed by atoms with E-state index in [9.17, 15) is 4.79 Å². The Kier molecular flexibility index (Phi) is 5.11. The Labute approximate surface area is 119 Å². The first-order chi connectivity index (χ1) is 9.56. The molecule has 0 bridgehead atoms. The third-order valence-corrected chi connectivity index (χ3v) is 3.40. The van der Waals surface area contributed by atoms with E-state index in [4.69, 9.17) is 9.26 Å². The van der Waals surface area contributed by atoms with Crippen LogP contribution < -0.4 is 5.32 Å². The summed E-state index contributed by atoms with van der Waals surface area (Å²) in [6.45, 7) is 7.39. The summed E-state index contributed by atoms with van der Waals surface area (Å²) in [4.78, 5) is 16.4. The maximum absolute atomic E-state index is 12.1. The molecule has 6 heteroatoms. The molecule has 1 aromatic heterocycles. The lowest BCUT2D eigenvalue weighted by atomic mass is 9.99. The zero-order valence-electron chi connectivity index (χ0n) is 12.4. The van der Waals surface area contributed by atoms with Crippen molar-refractivity contribution in [3.05, 3.63) is 11.7 Å². The molecule has 1 fully saturated rings. The van der Waals surface area contributed by atoms with Crippen LogP contribution in [0.5, 0.6) is 0 Å². The van der Waals surface area contributed by atoms with Gasteiger partial charge in [0, 0.05) is 25.6 Å². The van der Waals surface area contributed by atoms with Gasteiger partial charge in [0.25, 0.3) is 0 Å². The summed E-state index contributed by atoms with van der Waals surface area (Å²) >= 11 is 0. The highest BCUT2D eigenvalue weighted by Crippen LogP contribution is 2.17. The number of nitrogens with zero attached hydrogens (tertiary/aromatic N) is 2. The molecule has 6 nitrogen and oxygen atoms in total. The predicted molar refractivity (Wildman–Crippen MR) is 72.9 cm³/mol. The van der Waals surface area contributed by atoms with Crippen LogP contribution in [0.4, 0.5) is 0 Å². The van der Waals surface area contributed by atoms with Gasteiger partial charge in [-0.2, -0.15) is 4.98 Å². The third kappa shape index (κ3) is 4.03. The number of hydrogen-bond acceptors (Lipinski definition) is 5. The van der Waals surface area contributed by atoms with E-state index in [2.05, 4.69) is 29.3 Å². The molecule has 1 aliphatic heterocycles. The van der Waals surface area contributed by atoms with E-state index in [1.165, 1.54) is 0 Å². The van der Waals surface area contributed by atoms with E-state index in [0.29, 0.717) is 30.8 Å². The molecular formula is C14H23N3O3. The zero-order chi connectivity index (χ0) is 14.5. The average molecular weight is 281 g/mol. The Bertz CT molecular complexity index is 439. The number of rotatable bonds is 5.